The predicted octanol–water partition coefficient (Wildman–Crippen LogP) is 4.41. The van der Waals surface area contributed by atoms with Crippen molar-refractivity contribution in [2.75, 3.05) is 5.32 Å². The quantitative estimate of drug-likeness (QED) is 0.888. The average Bonchev–Trinajstić information content (AvgIpc) is 2.50. The third kappa shape index (κ3) is 4.10. The van der Waals surface area contributed by atoms with Gasteiger partial charge in [0.1, 0.15) is 5.75 Å². The van der Waals surface area contributed by atoms with Gasteiger partial charge in [-0.1, -0.05) is 36.8 Å². The fraction of sp³-hybridized carbons (Fsp3) is 0.316. The number of anilines is 1. The molecule has 0 aliphatic heterocycles. The molecule has 1 N–H and O–H groups in total. The van der Waals surface area contributed by atoms with Gasteiger partial charge in [0.05, 0.1) is 0 Å². The molecule has 22 heavy (non-hydrogen) atoms. The topological polar surface area (TPSA) is 38.3 Å². The van der Waals surface area contributed by atoms with Crippen LogP contribution in [0.3, 0.4) is 0 Å². The van der Waals surface area contributed by atoms with Gasteiger partial charge in [-0.25, -0.2) is 0 Å². The molecule has 0 spiro atoms. The van der Waals surface area contributed by atoms with Crippen molar-refractivity contribution >= 4 is 11.6 Å². The van der Waals surface area contributed by atoms with Crippen LogP contribution in [-0.2, 0) is 4.79 Å². The van der Waals surface area contributed by atoms with E-state index < -0.39 is 6.10 Å². The summed E-state index contributed by atoms with van der Waals surface area (Å²) in [6.45, 7) is 7.97. The molecule has 0 heterocycles. The van der Waals surface area contributed by atoms with Crippen molar-refractivity contribution in [1.29, 1.82) is 0 Å². The second-order valence-corrected chi connectivity index (χ2v) is 5.64. The minimum absolute atomic E-state index is 0.118. The predicted molar refractivity (Wildman–Crippen MR) is 90.4 cm³/mol. The van der Waals surface area contributed by atoms with Gasteiger partial charge in [-0.15, -0.1) is 0 Å². The van der Waals surface area contributed by atoms with E-state index in [4.69, 9.17) is 4.74 Å². The lowest BCUT2D eigenvalue weighted by molar-refractivity contribution is -0.122. The summed E-state index contributed by atoms with van der Waals surface area (Å²) in [6.07, 6.45) is 0.118. The highest BCUT2D eigenvalue weighted by Gasteiger charge is 2.19. The number of carbonyl (C=O) groups excluding carboxylic acids is 1. The van der Waals surface area contributed by atoms with Crippen molar-refractivity contribution < 1.29 is 9.53 Å². The summed E-state index contributed by atoms with van der Waals surface area (Å²) in [4.78, 5) is 12.4. The van der Waals surface area contributed by atoms with E-state index in [0.29, 0.717) is 6.42 Å². The van der Waals surface area contributed by atoms with Gasteiger partial charge in [-0.2, -0.15) is 0 Å². The molecule has 0 saturated carbocycles. The first-order valence-corrected chi connectivity index (χ1v) is 7.61. The van der Waals surface area contributed by atoms with Crippen LogP contribution in [0.1, 0.15) is 30.0 Å². The summed E-state index contributed by atoms with van der Waals surface area (Å²) in [5, 5.41) is 2.91. The normalized spacial score (nSPS) is 11.8. The van der Waals surface area contributed by atoms with E-state index >= 15 is 0 Å². The van der Waals surface area contributed by atoms with E-state index in [-0.39, 0.29) is 5.91 Å². The maximum Gasteiger partial charge on any atom is 0.265 e. The van der Waals surface area contributed by atoms with Crippen molar-refractivity contribution in [1.82, 2.24) is 0 Å². The SMILES string of the molecule is CCC(Oc1cc(C)ccc1C)C(=O)Nc1ccc(C)cc1. The highest BCUT2D eigenvalue weighted by atomic mass is 16.5. The smallest absolute Gasteiger partial charge is 0.265 e. The summed E-state index contributed by atoms with van der Waals surface area (Å²) >= 11 is 0. The zero-order chi connectivity index (χ0) is 16.1. The minimum Gasteiger partial charge on any atom is -0.480 e. The van der Waals surface area contributed by atoms with Crippen LogP contribution in [0.2, 0.25) is 0 Å². The van der Waals surface area contributed by atoms with Gasteiger partial charge in [0.25, 0.3) is 5.91 Å². The maximum absolute atomic E-state index is 12.4. The first-order valence-electron chi connectivity index (χ1n) is 7.61. The number of benzene rings is 2. The molecule has 0 saturated heterocycles. The molecule has 0 aliphatic carbocycles. The number of amides is 1. The molecular weight excluding hydrogens is 274 g/mol. The summed E-state index contributed by atoms with van der Waals surface area (Å²) in [5.74, 6) is 0.651. The molecule has 0 fully saturated rings. The molecule has 0 radical (unpaired) electrons. The van der Waals surface area contributed by atoms with Gasteiger partial charge in [0, 0.05) is 5.69 Å². The summed E-state index contributed by atoms with van der Waals surface area (Å²) in [5.41, 5.74) is 4.11. The van der Waals surface area contributed by atoms with Gasteiger partial charge in [-0.3, -0.25) is 4.79 Å². The Balaban J connectivity index is 2.08. The number of hydrogen-bond donors (Lipinski definition) is 1. The Morgan fingerprint density at radius 2 is 1.68 bits per heavy atom. The van der Waals surface area contributed by atoms with Crippen LogP contribution in [0, 0.1) is 20.8 Å². The van der Waals surface area contributed by atoms with Crippen molar-refractivity contribution in [2.45, 2.75) is 40.2 Å². The summed E-state index contributed by atoms with van der Waals surface area (Å²) < 4.78 is 5.92. The molecule has 2 rings (SSSR count). The van der Waals surface area contributed by atoms with Crippen LogP contribution >= 0.6 is 0 Å². The summed E-state index contributed by atoms with van der Waals surface area (Å²) in [7, 11) is 0. The fourth-order valence-corrected chi connectivity index (χ4v) is 2.17. The Morgan fingerprint density at radius 3 is 2.32 bits per heavy atom. The Labute approximate surface area is 132 Å². The molecule has 2 aromatic rings. The number of carbonyl (C=O) groups is 1. The second-order valence-electron chi connectivity index (χ2n) is 5.64. The molecular formula is C19H23NO2. The van der Waals surface area contributed by atoms with E-state index in [1.807, 2.05) is 70.2 Å². The fourth-order valence-electron chi connectivity index (χ4n) is 2.17. The zero-order valence-corrected chi connectivity index (χ0v) is 13.6. The van der Waals surface area contributed by atoms with E-state index in [9.17, 15) is 4.79 Å². The Hall–Kier alpha value is -2.29. The van der Waals surface area contributed by atoms with Gasteiger partial charge in [-0.05, 0) is 56.5 Å². The van der Waals surface area contributed by atoms with Crippen LogP contribution < -0.4 is 10.1 Å². The lowest BCUT2D eigenvalue weighted by atomic mass is 10.1. The van der Waals surface area contributed by atoms with Crippen LogP contribution in [0.15, 0.2) is 42.5 Å². The first kappa shape index (κ1) is 16.1. The Morgan fingerprint density at radius 1 is 1.05 bits per heavy atom. The number of ether oxygens (including phenoxy) is 1. The van der Waals surface area contributed by atoms with Gasteiger partial charge in [0.15, 0.2) is 6.10 Å². The van der Waals surface area contributed by atoms with Crippen molar-refractivity contribution in [2.24, 2.45) is 0 Å². The summed E-state index contributed by atoms with van der Waals surface area (Å²) in [6, 6.07) is 13.8. The molecule has 3 nitrogen and oxygen atoms in total. The van der Waals surface area contributed by atoms with E-state index in [1.54, 1.807) is 0 Å². The Bertz CT molecular complexity index is 647. The number of nitrogens with one attached hydrogen (secondary N) is 1. The highest BCUT2D eigenvalue weighted by Crippen LogP contribution is 2.22. The average molecular weight is 297 g/mol. The zero-order valence-electron chi connectivity index (χ0n) is 13.6. The van der Waals surface area contributed by atoms with Crippen molar-refractivity contribution in [3.8, 4) is 5.75 Å². The minimum atomic E-state index is -0.498. The van der Waals surface area contributed by atoms with Crippen LogP contribution in [-0.4, -0.2) is 12.0 Å². The maximum atomic E-state index is 12.4. The molecule has 3 heteroatoms. The molecule has 1 atom stereocenters. The van der Waals surface area contributed by atoms with E-state index in [1.165, 1.54) is 0 Å². The third-order valence-corrected chi connectivity index (χ3v) is 3.60. The molecule has 1 amide bonds. The van der Waals surface area contributed by atoms with Crippen LogP contribution in [0.25, 0.3) is 0 Å². The third-order valence-electron chi connectivity index (χ3n) is 3.60. The van der Waals surface area contributed by atoms with Crippen LogP contribution in [0.4, 0.5) is 5.69 Å². The molecule has 0 bridgehead atoms. The van der Waals surface area contributed by atoms with Gasteiger partial charge in [0.2, 0.25) is 0 Å². The number of rotatable bonds is 5. The molecule has 2 aromatic carbocycles. The van der Waals surface area contributed by atoms with Crippen molar-refractivity contribution in [3.63, 3.8) is 0 Å². The lowest BCUT2D eigenvalue weighted by Gasteiger charge is -2.19. The second kappa shape index (κ2) is 7.12. The molecule has 0 aromatic heterocycles. The highest BCUT2D eigenvalue weighted by molar-refractivity contribution is 5.94. The van der Waals surface area contributed by atoms with Gasteiger partial charge < -0.3 is 10.1 Å². The molecule has 116 valence electrons. The van der Waals surface area contributed by atoms with E-state index in [0.717, 1.165) is 28.1 Å². The Kier molecular flexibility index (Phi) is 5.21. The van der Waals surface area contributed by atoms with Crippen LogP contribution in [0.5, 0.6) is 5.75 Å². The largest absolute Gasteiger partial charge is 0.480 e. The lowest BCUT2D eigenvalue weighted by Crippen LogP contribution is -2.32. The number of hydrogen-bond acceptors (Lipinski definition) is 2. The molecule has 0 aliphatic rings. The molecule has 1 unspecified atom stereocenters. The van der Waals surface area contributed by atoms with E-state index in [2.05, 4.69) is 5.32 Å². The standard InChI is InChI=1S/C19H23NO2/c1-5-17(22-18-12-14(3)6-9-15(18)4)19(21)20-16-10-7-13(2)8-11-16/h6-12,17H,5H2,1-4H3,(H,20,21). The first-order chi connectivity index (χ1) is 10.5. The van der Waals surface area contributed by atoms with Crippen molar-refractivity contribution in [3.05, 3.63) is 59.2 Å². The van der Waals surface area contributed by atoms with Gasteiger partial charge >= 0.3 is 0 Å². The number of aryl methyl sites for hydroxylation is 3. The monoisotopic (exact) mass is 297 g/mol.